The van der Waals surface area contributed by atoms with Crippen LogP contribution in [0.2, 0.25) is 0 Å². The largest absolute Gasteiger partial charge is 0.490 e. The highest BCUT2D eigenvalue weighted by Gasteiger charge is 2.37. The van der Waals surface area contributed by atoms with Gasteiger partial charge in [-0.05, 0) is 32.9 Å². The molecule has 0 spiro atoms. The second-order valence-corrected chi connectivity index (χ2v) is 8.31. The average Bonchev–Trinajstić information content (AvgIpc) is 2.71. The summed E-state index contributed by atoms with van der Waals surface area (Å²) in [6.07, 6.45) is 2.25. The molecule has 9 nitrogen and oxygen atoms in total. The Kier molecular flexibility index (Phi) is 7.28. The van der Waals surface area contributed by atoms with Crippen molar-refractivity contribution in [1.29, 1.82) is 0 Å². The number of hydrogen-bond donors (Lipinski definition) is 1. The number of aliphatic hydroxyl groups is 1. The van der Waals surface area contributed by atoms with E-state index in [2.05, 4.69) is 4.98 Å². The standard InChI is InChI=1S/C20H32N4O5/c1-20(2,3)29-19(26)23-7-8-24(18(25)22-9-11-27-12-10-22)16(14-23)15-28-17-5-4-6-21-13-17/h4-6,13,16,18,25H,7-12,14-15H2,1-3H3. The van der Waals surface area contributed by atoms with E-state index in [0.29, 0.717) is 58.3 Å². The fourth-order valence-corrected chi connectivity index (χ4v) is 3.46. The molecule has 3 heterocycles. The lowest BCUT2D eigenvalue weighted by atomic mass is 10.1. The number of aromatic nitrogens is 1. The summed E-state index contributed by atoms with van der Waals surface area (Å²) < 4.78 is 16.8. The van der Waals surface area contributed by atoms with Crippen LogP contribution in [-0.2, 0) is 9.47 Å². The zero-order chi connectivity index (χ0) is 20.9. The van der Waals surface area contributed by atoms with E-state index in [1.165, 1.54) is 0 Å². The Balaban J connectivity index is 1.68. The molecule has 2 aliphatic heterocycles. The molecule has 1 aromatic heterocycles. The van der Waals surface area contributed by atoms with Crippen LogP contribution in [0.5, 0.6) is 5.75 Å². The number of carbonyl (C=O) groups excluding carboxylic acids is 1. The summed E-state index contributed by atoms with van der Waals surface area (Å²) in [4.78, 5) is 22.3. The van der Waals surface area contributed by atoms with Crippen molar-refractivity contribution in [1.82, 2.24) is 19.7 Å². The maximum atomic E-state index is 12.6. The molecule has 2 saturated heterocycles. The van der Waals surface area contributed by atoms with E-state index in [-0.39, 0.29) is 12.1 Å². The summed E-state index contributed by atoms with van der Waals surface area (Å²) in [6, 6.07) is 3.46. The molecule has 0 bridgehead atoms. The Morgan fingerprint density at radius 2 is 2.07 bits per heavy atom. The Morgan fingerprint density at radius 1 is 1.31 bits per heavy atom. The molecule has 1 aromatic rings. The number of hydrogen-bond acceptors (Lipinski definition) is 8. The molecule has 2 atom stereocenters. The fraction of sp³-hybridized carbons (Fsp3) is 0.700. The Hall–Kier alpha value is -1.94. The summed E-state index contributed by atoms with van der Waals surface area (Å²) in [7, 11) is 0. The number of morpholine rings is 1. The van der Waals surface area contributed by atoms with E-state index in [1.54, 1.807) is 17.3 Å². The number of carbonyl (C=O) groups is 1. The Morgan fingerprint density at radius 3 is 2.72 bits per heavy atom. The molecule has 9 heteroatoms. The van der Waals surface area contributed by atoms with E-state index in [9.17, 15) is 9.90 Å². The maximum absolute atomic E-state index is 12.6. The highest BCUT2D eigenvalue weighted by molar-refractivity contribution is 5.68. The summed E-state index contributed by atoms with van der Waals surface area (Å²) >= 11 is 0. The molecule has 29 heavy (non-hydrogen) atoms. The van der Waals surface area contributed by atoms with Gasteiger partial charge in [-0.2, -0.15) is 0 Å². The van der Waals surface area contributed by atoms with Gasteiger partial charge in [0.1, 0.15) is 18.0 Å². The number of nitrogens with zero attached hydrogens (tertiary/aromatic N) is 4. The van der Waals surface area contributed by atoms with Crippen molar-refractivity contribution in [3.8, 4) is 5.75 Å². The van der Waals surface area contributed by atoms with Crippen molar-refractivity contribution in [3.63, 3.8) is 0 Å². The molecular weight excluding hydrogens is 376 g/mol. The van der Waals surface area contributed by atoms with Gasteiger partial charge in [0.2, 0.25) is 0 Å². The van der Waals surface area contributed by atoms with Crippen LogP contribution in [-0.4, -0.2) is 101 Å². The third-order valence-electron chi connectivity index (χ3n) is 4.93. The van der Waals surface area contributed by atoms with Crippen molar-refractivity contribution in [2.75, 3.05) is 52.5 Å². The highest BCUT2D eigenvalue weighted by atomic mass is 16.6. The van der Waals surface area contributed by atoms with Gasteiger partial charge in [0.25, 0.3) is 0 Å². The number of aliphatic hydroxyl groups excluding tert-OH is 1. The van der Waals surface area contributed by atoms with Crippen molar-refractivity contribution in [3.05, 3.63) is 24.5 Å². The Bertz CT molecular complexity index is 648. The predicted octanol–water partition coefficient (Wildman–Crippen LogP) is 0.990. The molecule has 0 aliphatic carbocycles. The molecule has 3 rings (SSSR count). The van der Waals surface area contributed by atoms with Gasteiger partial charge in [-0.3, -0.25) is 14.8 Å². The molecule has 0 radical (unpaired) electrons. The van der Waals surface area contributed by atoms with E-state index >= 15 is 0 Å². The molecule has 0 aromatic carbocycles. The van der Waals surface area contributed by atoms with Crippen LogP contribution in [0.3, 0.4) is 0 Å². The second kappa shape index (κ2) is 9.71. The van der Waals surface area contributed by atoms with Crippen molar-refractivity contribution < 1.29 is 24.1 Å². The summed E-state index contributed by atoms with van der Waals surface area (Å²) in [5.74, 6) is 0.655. The van der Waals surface area contributed by atoms with Gasteiger partial charge in [-0.15, -0.1) is 0 Å². The van der Waals surface area contributed by atoms with Gasteiger partial charge in [0.05, 0.1) is 25.5 Å². The highest BCUT2D eigenvalue weighted by Crippen LogP contribution is 2.20. The number of pyridine rings is 1. The smallest absolute Gasteiger partial charge is 0.410 e. The first-order chi connectivity index (χ1) is 13.8. The number of piperazine rings is 1. The first kappa shape index (κ1) is 21.8. The number of amides is 1. The molecule has 2 fully saturated rings. The predicted molar refractivity (Wildman–Crippen MR) is 106 cm³/mol. The fourth-order valence-electron chi connectivity index (χ4n) is 3.46. The van der Waals surface area contributed by atoms with Crippen molar-refractivity contribution in [2.45, 2.75) is 38.8 Å². The lowest BCUT2D eigenvalue weighted by molar-refractivity contribution is -0.168. The lowest BCUT2D eigenvalue weighted by Crippen LogP contribution is -2.64. The first-order valence-electron chi connectivity index (χ1n) is 10.1. The lowest BCUT2D eigenvalue weighted by Gasteiger charge is -2.46. The average molecular weight is 408 g/mol. The quantitative estimate of drug-likeness (QED) is 0.772. The molecule has 0 saturated carbocycles. The van der Waals surface area contributed by atoms with Crippen LogP contribution in [0.25, 0.3) is 0 Å². The van der Waals surface area contributed by atoms with Crippen molar-refractivity contribution >= 4 is 6.09 Å². The zero-order valence-corrected chi connectivity index (χ0v) is 17.5. The number of ether oxygens (including phenoxy) is 3. The second-order valence-electron chi connectivity index (χ2n) is 8.31. The van der Waals surface area contributed by atoms with Gasteiger partial charge >= 0.3 is 6.09 Å². The Labute approximate surface area is 172 Å². The van der Waals surface area contributed by atoms with E-state index in [1.807, 2.05) is 42.7 Å². The van der Waals surface area contributed by atoms with E-state index in [4.69, 9.17) is 14.2 Å². The van der Waals surface area contributed by atoms with Gasteiger partial charge in [-0.25, -0.2) is 4.79 Å². The number of rotatable bonds is 5. The van der Waals surface area contributed by atoms with Gasteiger partial charge in [0.15, 0.2) is 6.35 Å². The topological polar surface area (TPSA) is 87.6 Å². The summed E-state index contributed by atoms with van der Waals surface area (Å²) in [5, 5.41) is 11.0. The molecule has 2 unspecified atom stereocenters. The van der Waals surface area contributed by atoms with Crippen LogP contribution in [0.15, 0.2) is 24.5 Å². The van der Waals surface area contributed by atoms with Crippen LogP contribution in [0.4, 0.5) is 4.79 Å². The minimum Gasteiger partial charge on any atom is -0.490 e. The molecule has 162 valence electrons. The van der Waals surface area contributed by atoms with Crippen LogP contribution in [0.1, 0.15) is 20.8 Å². The van der Waals surface area contributed by atoms with Crippen LogP contribution in [0, 0.1) is 0 Å². The van der Waals surface area contributed by atoms with Crippen LogP contribution >= 0.6 is 0 Å². The third-order valence-corrected chi connectivity index (χ3v) is 4.93. The third kappa shape index (κ3) is 6.27. The van der Waals surface area contributed by atoms with E-state index < -0.39 is 12.0 Å². The van der Waals surface area contributed by atoms with Gasteiger partial charge in [-0.1, -0.05) is 0 Å². The zero-order valence-electron chi connectivity index (χ0n) is 17.5. The minimum atomic E-state index is -0.748. The molecular formula is C20H32N4O5. The minimum absolute atomic E-state index is 0.186. The normalized spacial score (nSPS) is 22.9. The molecule has 1 N–H and O–H groups in total. The van der Waals surface area contributed by atoms with Gasteiger partial charge in [0, 0.05) is 38.9 Å². The van der Waals surface area contributed by atoms with Crippen LogP contribution < -0.4 is 4.74 Å². The molecule has 1 amide bonds. The molecule has 2 aliphatic rings. The van der Waals surface area contributed by atoms with Crippen molar-refractivity contribution in [2.24, 2.45) is 0 Å². The maximum Gasteiger partial charge on any atom is 0.410 e. The van der Waals surface area contributed by atoms with Gasteiger partial charge < -0.3 is 24.2 Å². The summed E-state index contributed by atoms with van der Waals surface area (Å²) in [5.41, 5.74) is -0.552. The first-order valence-corrected chi connectivity index (χ1v) is 10.1. The summed E-state index contributed by atoms with van der Waals surface area (Å²) in [6.45, 7) is 9.86. The van der Waals surface area contributed by atoms with E-state index in [0.717, 1.165) is 0 Å². The monoisotopic (exact) mass is 408 g/mol. The SMILES string of the molecule is CC(C)(C)OC(=O)N1CCN(C(O)N2CCOCC2)C(COc2cccnc2)C1.